The second kappa shape index (κ2) is 13.4. The summed E-state index contributed by atoms with van der Waals surface area (Å²) in [5.74, 6) is 2.04. The van der Waals surface area contributed by atoms with E-state index in [2.05, 4.69) is 32.6 Å². The molecule has 0 unspecified atom stereocenters. The van der Waals surface area contributed by atoms with E-state index in [1.807, 2.05) is 28.8 Å². The number of aromatic nitrogens is 1. The highest BCUT2D eigenvalue weighted by atomic mass is 35.5. The van der Waals surface area contributed by atoms with E-state index in [4.69, 9.17) is 21.3 Å². The van der Waals surface area contributed by atoms with Crippen LogP contribution in [0.5, 0.6) is 0 Å². The van der Waals surface area contributed by atoms with E-state index < -0.39 is 0 Å². The molecule has 0 bridgehead atoms. The first-order chi connectivity index (χ1) is 19.7. The number of nitrogens with one attached hydrogen (secondary N) is 1. The number of fused-ring (bicyclic) bond motifs is 1. The molecule has 0 aliphatic carbocycles. The lowest BCUT2D eigenvalue weighted by Crippen LogP contribution is -2.49. The maximum absolute atomic E-state index is 13.0. The van der Waals surface area contributed by atoms with Gasteiger partial charge < -0.3 is 19.9 Å². The van der Waals surface area contributed by atoms with E-state index in [9.17, 15) is 4.79 Å². The number of hydrogen-bond donors (Lipinski definition) is 1. The Morgan fingerprint density at radius 3 is 2.62 bits per heavy atom. The monoisotopic (exact) mass is 599 g/mol. The molecule has 0 spiro atoms. The number of rotatable bonds is 8. The van der Waals surface area contributed by atoms with Gasteiger partial charge in [-0.3, -0.25) is 9.69 Å². The molecule has 0 saturated carbocycles. The summed E-state index contributed by atoms with van der Waals surface area (Å²) in [6, 6.07) is 10.5. The van der Waals surface area contributed by atoms with Crippen molar-refractivity contribution < 1.29 is 9.53 Å². The van der Waals surface area contributed by atoms with Crippen molar-refractivity contribution in [1.82, 2.24) is 19.7 Å². The van der Waals surface area contributed by atoms with Crippen LogP contribution in [-0.4, -0.2) is 109 Å². The first-order valence-corrected chi connectivity index (χ1v) is 16.9. The Bertz CT molecular complexity index is 1300. The molecule has 3 aliphatic heterocycles. The zero-order valence-corrected chi connectivity index (χ0v) is 25.3. The molecule has 3 saturated heterocycles. The average Bonchev–Trinajstić information content (AvgIpc) is 3.49. The third-order valence-corrected chi connectivity index (χ3v) is 10.5. The number of amides is 1. The number of pyridine rings is 1. The molecule has 10 heteroatoms. The van der Waals surface area contributed by atoms with Gasteiger partial charge in [-0.05, 0) is 68.5 Å². The van der Waals surface area contributed by atoms with Gasteiger partial charge in [-0.2, -0.15) is 11.8 Å². The number of benzene rings is 1. The van der Waals surface area contributed by atoms with Crippen LogP contribution in [0.2, 0.25) is 5.02 Å². The molecular formula is C30H38ClN5O2S2. The summed E-state index contributed by atoms with van der Waals surface area (Å²) in [6.45, 7) is 9.93. The number of piperidine rings is 1. The maximum atomic E-state index is 13.0. The van der Waals surface area contributed by atoms with Crippen molar-refractivity contribution in [2.75, 3.05) is 82.4 Å². The largest absolute Gasteiger partial charge is 0.384 e. The molecule has 3 fully saturated rings. The van der Waals surface area contributed by atoms with Crippen molar-refractivity contribution in [3.05, 3.63) is 46.3 Å². The molecule has 40 heavy (non-hydrogen) atoms. The number of nitrogens with zero attached hydrogens (tertiary/aromatic N) is 4. The van der Waals surface area contributed by atoms with Gasteiger partial charge in [-0.15, -0.1) is 11.3 Å². The molecule has 3 aliphatic rings. The number of likely N-dealkylation sites (tertiary alicyclic amines) is 1. The normalized spacial score (nSPS) is 19.8. The summed E-state index contributed by atoms with van der Waals surface area (Å²) in [4.78, 5) is 25.0. The third kappa shape index (κ3) is 6.61. The van der Waals surface area contributed by atoms with E-state index in [0.29, 0.717) is 10.6 Å². The van der Waals surface area contributed by atoms with Crippen LogP contribution in [0.4, 0.5) is 5.69 Å². The number of hydrogen-bond acceptors (Lipinski definition) is 8. The topological polar surface area (TPSA) is 60.9 Å². The van der Waals surface area contributed by atoms with Gasteiger partial charge in [0.25, 0.3) is 5.91 Å². The van der Waals surface area contributed by atoms with Gasteiger partial charge in [0.15, 0.2) is 0 Å². The standard InChI is InChI=1S/C30H38ClN5O2S2/c31-25-20-22(30(37)36-13-18-39-19-14-36)2-3-24(25)27-21-28(29-26(33-27)6-17-40-29)32-7-1-8-34-9-4-23(5-10-34)35-11-15-38-16-12-35/h2-3,6,17,20-21,23H,1,4-5,7-16,18-19H2,(H,32,33). The van der Waals surface area contributed by atoms with Gasteiger partial charge in [0.2, 0.25) is 0 Å². The zero-order chi connectivity index (χ0) is 27.3. The summed E-state index contributed by atoms with van der Waals surface area (Å²) in [5, 5.41) is 6.34. The minimum absolute atomic E-state index is 0.0580. The van der Waals surface area contributed by atoms with Crippen molar-refractivity contribution in [3.63, 3.8) is 0 Å². The molecule has 3 aromatic rings. The molecule has 2 aromatic heterocycles. The second-order valence-electron chi connectivity index (χ2n) is 10.8. The van der Waals surface area contributed by atoms with Gasteiger partial charge in [0.1, 0.15) is 0 Å². The van der Waals surface area contributed by atoms with Crippen LogP contribution >= 0.6 is 34.7 Å². The van der Waals surface area contributed by atoms with Crippen LogP contribution in [0.3, 0.4) is 0 Å². The lowest BCUT2D eigenvalue weighted by molar-refractivity contribution is 0.000914. The first-order valence-electron chi connectivity index (χ1n) is 14.5. The summed E-state index contributed by atoms with van der Waals surface area (Å²) in [5.41, 5.74) is 4.40. The molecule has 1 amide bonds. The zero-order valence-electron chi connectivity index (χ0n) is 22.9. The number of anilines is 1. The predicted octanol–water partition coefficient (Wildman–Crippen LogP) is 5.40. The van der Waals surface area contributed by atoms with Crippen molar-refractivity contribution in [2.45, 2.75) is 25.3 Å². The molecule has 1 N–H and O–H groups in total. The van der Waals surface area contributed by atoms with E-state index in [-0.39, 0.29) is 5.91 Å². The van der Waals surface area contributed by atoms with Crippen molar-refractivity contribution in [2.24, 2.45) is 0 Å². The predicted molar refractivity (Wildman–Crippen MR) is 168 cm³/mol. The van der Waals surface area contributed by atoms with Gasteiger partial charge >= 0.3 is 0 Å². The van der Waals surface area contributed by atoms with Gasteiger partial charge in [0, 0.05) is 61.4 Å². The van der Waals surface area contributed by atoms with Crippen molar-refractivity contribution in [3.8, 4) is 11.3 Å². The fourth-order valence-corrected chi connectivity index (χ4v) is 8.01. The molecule has 6 rings (SSSR count). The van der Waals surface area contributed by atoms with Crippen molar-refractivity contribution in [1.29, 1.82) is 0 Å². The number of morpholine rings is 1. The lowest BCUT2D eigenvalue weighted by Gasteiger charge is -2.40. The molecule has 5 heterocycles. The quantitative estimate of drug-likeness (QED) is 0.348. The Hall–Kier alpha value is -1.88. The summed E-state index contributed by atoms with van der Waals surface area (Å²) >= 11 is 10.4. The number of carbonyl (C=O) groups is 1. The fraction of sp³-hybridized carbons (Fsp3) is 0.533. The molecular weight excluding hydrogens is 562 g/mol. The van der Waals surface area contributed by atoms with Crippen molar-refractivity contribution >= 4 is 56.5 Å². The first kappa shape index (κ1) is 28.2. The van der Waals surface area contributed by atoms with Crippen LogP contribution in [-0.2, 0) is 4.74 Å². The number of halogens is 1. The van der Waals surface area contributed by atoms with Crippen LogP contribution in [0.1, 0.15) is 29.6 Å². The molecule has 0 atom stereocenters. The molecule has 214 valence electrons. The Morgan fingerprint density at radius 1 is 1.05 bits per heavy atom. The summed E-state index contributed by atoms with van der Waals surface area (Å²) in [7, 11) is 0. The van der Waals surface area contributed by atoms with Gasteiger partial charge in [0.05, 0.1) is 39.8 Å². The fourth-order valence-electron chi connectivity index (χ4n) is 6.01. The van der Waals surface area contributed by atoms with Gasteiger partial charge in [-0.25, -0.2) is 4.98 Å². The highest BCUT2D eigenvalue weighted by molar-refractivity contribution is 7.99. The van der Waals surface area contributed by atoms with E-state index >= 15 is 0 Å². The van der Waals surface area contributed by atoms with Gasteiger partial charge in [-0.1, -0.05) is 17.7 Å². The third-order valence-electron chi connectivity index (χ3n) is 8.29. The smallest absolute Gasteiger partial charge is 0.253 e. The number of ether oxygens (including phenoxy) is 1. The van der Waals surface area contributed by atoms with E-state index in [1.54, 1.807) is 17.4 Å². The molecule has 1 aromatic carbocycles. The number of thioether (sulfide) groups is 1. The Morgan fingerprint density at radius 2 is 1.85 bits per heavy atom. The highest BCUT2D eigenvalue weighted by Gasteiger charge is 2.25. The van der Waals surface area contributed by atoms with Crippen LogP contribution in [0.25, 0.3) is 21.5 Å². The maximum Gasteiger partial charge on any atom is 0.253 e. The van der Waals surface area contributed by atoms with E-state index in [0.717, 1.165) is 98.9 Å². The molecule has 7 nitrogen and oxygen atoms in total. The molecule has 0 radical (unpaired) electrons. The SMILES string of the molecule is O=C(c1ccc(-c2cc(NCCCN3CCC(N4CCOCC4)CC3)c3sccc3n2)c(Cl)c1)N1CCSCC1. The lowest BCUT2D eigenvalue weighted by atomic mass is 10.0. The Balaban J connectivity index is 1.06. The Kier molecular flexibility index (Phi) is 9.46. The summed E-state index contributed by atoms with van der Waals surface area (Å²) < 4.78 is 6.69. The van der Waals surface area contributed by atoms with Crippen LogP contribution < -0.4 is 5.32 Å². The minimum atomic E-state index is 0.0580. The number of thiophene rings is 1. The highest BCUT2D eigenvalue weighted by Crippen LogP contribution is 2.35. The average molecular weight is 600 g/mol. The minimum Gasteiger partial charge on any atom is -0.384 e. The second-order valence-corrected chi connectivity index (χ2v) is 13.3. The Labute approximate surface area is 250 Å². The summed E-state index contributed by atoms with van der Waals surface area (Å²) in [6.07, 6.45) is 3.62. The van der Waals surface area contributed by atoms with E-state index in [1.165, 1.54) is 30.6 Å². The van der Waals surface area contributed by atoms with Crippen LogP contribution in [0.15, 0.2) is 35.7 Å². The number of carbonyl (C=O) groups excluding carboxylic acids is 1. The van der Waals surface area contributed by atoms with Crippen LogP contribution in [0, 0.1) is 0 Å².